The van der Waals surface area contributed by atoms with Gasteiger partial charge in [-0.2, -0.15) is 0 Å². The summed E-state index contributed by atoms with van der Waals surface area (Å²) in [6.45, 7) is 1.78. The van der Waals surface area contributed by atoms with Crippen LogP contribution in [0.2, 0.25) is 10.0 Å². The Kier molecular flexibility index (Phi) is 8.19. The zero-order valence-electron chi connectivity index (χ0n) is 16.1. The number of aliphatic imine (C=N–C) groups is 1. The number of hydrogen-bond donors (Lipinski definition) is 0. The molecule has 7 heteroatoms. The first kappa shape index (κ1) is 21.9. The van der Waals surface area contributed by atoms with Crippen LogP contribution in [0.1, 0.15) is 17.5 Å². The SMILES string of the molecule is COCCCN1C(=O)/C(=C/c2ccc(Cl)cc2)SC1=NCCc1ccc(Cl)cc1. The van der Waals surface area contributed by atoms with Crippen molar-refractivity contribution in [3.8, 4) is 0 Å². The molecular weight excluding hydrogens is 427 g/mol. The first-order chi connectivity index (χ1) is 14.1. The normalized spacial score (nSPS) is 16.9. The van der Waals surface area contributed by atoms with E-state index in [0.717, 1.165) is 34.2 Å². The Morgan fingerprint density at radius 1 is 1.07 bits per heavy atom. The lowest BCUT2D eigenvalue weighted by Crippen LogP contribution is -2.31. The second-order valence-electron chi connectivity index (χ2n) is 6.51. The van der Waals surface area contributed by atoms with Crippen LogP contribution >= 0.6 is 35.0 Å². The third kappa shape index (κ3) is 6.34. The molecule has 0 aromatic heterocycles. The summed E-state index contributed by atoms with van der Waals surface area (Å²) in [6, 6.07) is 15.2. The van der Waals surface area contributed by atoms with E-state index >= 15 is 0 Å². The first-order valence-corrected chi connectivity index (χ1v) is 10.9. The number of amides is 1. The minimum Gasteiger partial charge on any atom is -0.385 e. The van der Waals surface area contributed by atoms with Crippen molar-refractivity contribution in [2.24, 2.45) is 4.99 Å². The predicted octanol–water partition coefficient (Wildman–Crippen LogP) is 5.54. The number of benzene rings is 2. The van der Waals surface area contributed by atoms with Gasteiger partial charge in [0.05, 0.1) is 4.91 Å². The van der Waals surface area contributed by atoms with Crippen LogP contribution in [0.3, 0.4) is 0 Å². The lowest BCUT2D eigenvalue weighted by atomic mass is 10.1. The topological polar surface area (TPSA) is 41.9 Å². The molecule has 0 N–H and O–H groups in total. The Labute approximate surface area is 185 Å². The molecule has 0 saturated carbocycles. The molecule has 29 heavy (non-hydrogen) atoms. The monoisotopic (exact) mass is 448 g/mol. The molecule has 4 nitrogen and oxygen atoms in total. The maximum absolute atomic E-state index is 12.9. The number of thioether (sulfide) groups is 1. The van der Waals surface area contributed by atoms with Crippen molar-refractivity contribution in [1.82, 2.24) is 4.90 Å². The largest absolute Gasteiger partial charge is 0.385 e. The molecule has 1 amide bonds. The van der Waals surface area contributed by atoms with E-state index in [9.17, 15) is 4.79 Å². The summed E-state index contributed by atoms with van der Waals surface area (Å²) in [4.78, 5) is 20.0. The smallest absolute Gasteiger partial charge is 0.266 e. The van der Waals surface area contributed by atoms with Gasteiger partial charge in [-0.3, -0.25) is 14.7 Å². The third-order valence-corrected chi connectivity index (χ3v) is 5.90. The number of amidine groups is 1. The number of rotatable bonds is 8. The van der Waals surface area contributed by atoms with Crippen LogP contribution in [0.15, 0.2) is 58.4 Å². The molecule has 0 atom stereocenters. The quantitative estimate of drug-likeness (QED) is 0.392. The van der Waals surface area contributed by atoms with Gasteiger partial charge >= 0.3 is 0 Å². The average molecular weight is 449 g/mol. The molecule has 0 radical (unpaired) electrons. The summed E-state index contributed by atoms with van der Waals surface area (Å²) >= 11 is 13.3. The van der Waals surface area contributed by atoms with E-state index in [-0.39, 0.29) is 5.91 Å². The van der Waals surface area contributed by atoms with Crippen LogP contribution in [0, 0.1) is 0 Å². The second-order valence-corrected chi connectivity index (χ2v) is 8.39. The first-order valence-electron chi connectivity index (χ1n) is 9.31. The van der Waals surface area contributed by atoms with Crippen LogP contribution < -0.4 is 0 Å². The Bertz CT molecular complexity index is 896. The molecule has 0 unspecified atom stereocenters. The van der Waals surface area contributed by atoms with Crippen LogP contribution in [-0.2, 0) is 16.0 Å². The zero-order chi connectivity index (χ0) is 20.6. The van der Waals surface area contributed by atoms with Crippen molar-refractivity contribution >= 4 is 52.1 Å². The van der Waals surface area contributed by atoms with Crippen LogP contribution in [0.4, 0.5) is 0 Å². The Balaban J connectivity index is 1.73. The van der Waals surface area contributed by atoms with Crippen molar-refractivity contribution < 1.29 is 9.53 Å². The molecule has 3 rings (SSSR count). The van der Waals surface area contributed by atoms with Crippen molar-refractivity contribution in [3.05, 3.63) is 74.6 Å². The minimum atomic E-state index is -0.0219. The van der Waals surface area contributed by atoms with Crippen molar-refractivity contribution in [2.75, 3.05) is 26.8 Å². The number of carbonyl (C=O) groups excluding carboxylic acids is 1. The summed E-state index contributed by atoms with van der Waals surface area (Å²) in [5.41, 5.74) is 2.10. The third-order valence-electron chi connectivity index (χ3n) is 4.35. The number of carbonyl (C=O) groups is 1. The molecule has 0 bridgehead atoms. The van der Waals surface area contributed by atoms with E-state index < -0.39 is 0 Å². The number of methoxy groups -OCH3 is 1. The van der Waals surface area contributed by atoms with E-state index in [4.69, 9.17) is 32.9 Å². The summed E-state index contributed by atoms with van der Waals surface area (Å²) in [7, 11) is 1.66. The zero-order valence-corrected chi connectivity index (χ0v) is 18.4. The van der Waals surface area contributed by atoms with Crippen LogP contribution in [0.5, 0.6) is 0 Å². The molecule has 0 spiro atoms. The van der Waals surface area contributed by atoms with Gasteiger partial charge in [-0.05, 0) is 66.1 Å². The lowest BCUT2D eigenvalue weighted by Gasteiger charge is -2.15. The molecule has 1 aliphatic rings. The highest BCUT2D eigenvalue weighted by Crippen LogP contribution is 2.33. The predicted molar refractivity (Wildman–Crippen MR) is 123 cm³/mol. The van der Waals surface area contributed by atoms with Gasteiger partial charge in [0, 0.05) is 36.9 Å². The average Bonchev–Trinajstić information content (AvgIpc) is 3.00. The van der Waals surface area contributed by atoms with Gasteiger partial charge < -0.3 is 4.74 Å². The number of hydrogen-bond acceptors (Lipinski definition) is 4. The summed E-state index contributed by atoms with van der Waals surface area (Å²) in [5.74, 6) is -0.0219. The van der Waals surface area contributed by atoms with E-state index in [1.807, 2.05) is 54.6 Å². The van der Waals surface area contributed by atoms with Crippen molar-refractivity contribution in [3.63, 3.8) is 0 Å². The molecule has 152 valence electrons. The van der Waals surface area contributed by atoms with Gasteiger partial charge in [0.15, 0.2) is 5.17 Å². The van der Waals surface area contributed by atoms with E-state index in [0.29, 0.717) is 29.6 Å². The summed E-state index contributed by atoms with van der Waals surface area (Å²) in [5, 5.41) is 2.13. The second kappa shape index (κ2) is 10.8. The highest BCUT2D eigenvalue weighted by molar-refractivity contribution is 8.18. The van der Waals surface area contributed by atoms with Crippen molar-refractivity contribution in [1.29, 1.82) is 0 Å². The minimum absolute atomic E-state index is 0.0219. The maximum Gasteiger partial charge on any atom is 0.266 e. The Morgan fingerprint density at radius 2 is 1.72 bits per heavy atom. The standard InChI is InChI=1S/C22H22Cl2N2O2S/c1-28-14-2-13-26-21(27)20(15-17-5-9-19(24)10-6-17)29-22(26)25-12-11-16-3-7-18(23)8-4-16/h3-10,15H,2,11-14H2,1H3/b20-15-,25-22?. The van der Waals surface area contributed by atoms with Gasteiger partial charge in [0.25, 0.3) is 5.91 Å². The van der Waals surface area contributed by atoms with Gasteiger partial charge in [-0.25, -0.2) is 0 Å². The molecule has 0 aliphatic carbocycles. The molecule has 2 aromatic carbocycles. The molecule has 2 aromatic rings. The highest BCUT2D eigenvalue weighted by Gasteiger charge is 2.32. The van der Waals surface area contributed by atoms with E-state index in [1.165, 1.54) is 11.8 Å². The Hall–Kier alpha value is -1.79. The van der Waals surface area contributed by atoms with Gasteiger partial charge in [0.1, 0.15) is 0 Å². The molecule has 1 fully saturated rings. The molecule has 1 aliphatic heterocycles. The van der Waals surface area contributed by atoms with Gasteiger partial charge in [0.2, 0.25) is 0 Å². The fraction of sp³-hybridized carbons (Fsp3) is 0.273. The molecule has 1 saturated heterocycles. The van der Waals surface area contributed by atoms with Crippen LogP contribution in [-0.4, -0.2) is 42.8 Å². The van der Waals surface area contributed by atoms with Crippen LogP contribution in [0.25, 0.3) is 6.08 Å². The van der Waals surface area contributed by atoms with E-state index in [2.05, 4.69) is 0 Å². The molecule has 1 heterocycles. The van der Waals surface area contributed by atoms with Gasteiger partial charge in [-0.1, -0.05) is 47.5 Å². The Morgan fingerprint density at radius 3 is 2.38 bits per heavy atom. The number of halogens is 2. The summed E-state index contributed by atoms with van der Waals surface area (Å²) in [6.07, 6.45) is 3.43. The highest BCUT2D eigenvalue weighted by atomic mass is 35.5. The van der Waals surface area contributed by atoms with Gasteiger partial charge in [-0.15, -0.1) is 0 Å². The fourth-order valence-electron chi connectivity index (χ4n) is 2.83. The van der Waals surface area contributed by atoms with E-state index in [1.54, 1.807) is 12.0 Å². The summed E-state index contributed by atoms with van der Waals surface area (Å²) < 4.78 is 5.13. The fourth-order valence-corrected chi connectivity index (χ4v) is 4.11. The maximum atomic E-state index is 12.9. The number of nitrogens with zero attached hydrogens (tertiary/aromatic N) is 2. The number of ether oxygens (including phenoxy) is 1. The molecular formula is C22H22Cl2N2O2S. The lowest BCUT2D eigenvalue weighted by molar-refractivity contribution is -0.122. The van der Waals surface area contributed by atoms with Crippen molar-refractivity contribution in [2.45, 2.75) is 12.8 Å².